The number of hydrogen-bond donors (Lipinski definition) is 0. The largest absolute Gasteiger partial charge is 0.462 e. The van der Waals surface area contributed by atoms with Gasteiger partial charge in [0.1, 0.15) is 0 Å². The highest BCUT2D eigenvalue weighted by atomic mass is 19.4. The highest BCUT2D eigenvalue weighted by Gasteiger charge is 2.39. The fraction of sp³-hybridized carbons (Fsp3) is 0.412. The van der Waals surface area contributed by atoms with Gasteiger partial charge in [0.15, 0.2) is 17.0 Å². The van der Waals surface area contributed by atoms with Gasteiger partial charge < -0.3 is 4.74 Å². The first-order chi connectivity index (χ1) is 12.3. The summed E-state index contributed by atoms with van der Waals surface area (Å²) < 4.78 is 46.4. The topological polar surface area (TPSA) is 69.4 Å². The molecular formula is C17H17F3N4O2. The summed E-state index contributed by atoms with van der Waals surface area (Å²) in [5.41, 5.74) is -0.0854. The Morgan fingerprint density at radius 2 is 1.88 bits per heavy atom. The van der Waals surface area contributed by atoms with Crippen molar-refractivity contribution in [3.8, 4) is 0 Å². The van der Waals surface area contributed by atoms with Crippen LogP contribution in [0.15, 0.2) is 12.1 Å². The van der Waals surface area contributed by atoms with E-state index < -0.39 is 23.4 Å². The Morgan fingerprint density at radius 3 is 2.46 bits per heavy atom. The lowest BCUT2D eigenvalue weighted by Gasteiger charge is -2.10. The Kier molecular flexibility index (Phi) is 4.55. The number of ether oxygens (including phenoxy) is 1. The van der Waals surface area contributed by atoms with Gasteiger partial charge in [-0.3, -0.25) is 0 Å². The number of carbonyl (C=O) groups is 1. The van der Waals surface area contributed by atoms with Crippen molar-refractivity contribution in [2.24, 2.45) is 0 Å². The van der Waals surface area contributed by atoms with Crippen LogP contribution in [0.4, 0.5) is 13.2 Å². The molecule has 0 bridgehead atoms. The van der Waals surface area contributed by atoms with Crippen LogP contribution in [0, 0.1) is 0 Å². The van der Waals surface area contributed by atoms with Gasteiger partial charge >= 0.3 is 12.1 Å². The minimum atomic E-state index is -4.80. The van der Waals surface area contributed by atoms with Gasteiger partial charge in [0.05, 0.1) is 17.6 Å². The first-order valence-corrected chi connectivity index (χ1v) is 8.26. The molecule has 0 aromatic carbocycles. The van der Waals surface area contributed by atoms with Crippen molar-refractivity contribution in [1.82, 2.24) is 19.6 Å². The normalized spacial score (nSPS) is 12.1. The van der Waals surface area contributed by atoms with E-state index in [9.17, 15) is 18.0 Å². The van der Waals surface area contributed by atoms with Crippen LogP contribution in [0.5, 0.6) is 0 Å². The molecule has 0 amide bonds. The van der Waals surface area contributed by atoms with Gasteiger partial charge in [-0.2, -0.15) is 13.2 Å². The molecule has 0 fully saturated rings. The third kappa shape index (κ3) is 2.97. The average Bonchev–Trinajstić information content (AvgIpc) is 2.96. The quantitative estimate of drug-likeness (QED) is 0.660. The van der Waals surface area contributed by atoms with Gasteiger partial charge in [-0.05, 0) is 31.9 Å². The molecule has 26 heavy (non-hydrogen) atoms. The Hall–Kier alpha value is -2.71. The number of aryl methyl sites for hydroxylation is 2. The SMILES string of the molecule is CCOC(=O)c1cc2c(nc1C(F)(F)F)nn1c(CC)cc(CC)nc21. The fourth-order valence-corrected chi connectivity index (χ4v) is 2.74. The molecule has 6 nitrogen and oxygen atoms in total. The van der Waals surface area contributed by atoms with Gasteiger partial charge in [0.2, 0.25) is 0 Å². The predicted octanol–water partition coefficient (Wildman–Crippen LogP) is 3.60. The van der Waals surface area contributed by atoms with Gasteiger partial charge in [-0.15, -0.1) is 5.10 Å². The zero-order valence-corrected chi connectivity index (χ0v) is 14.5. The lowest BCUT2D eigenvalue weighted by atomic mass is 10.1. The summed E-state index contributed by atoms with van der Waals surface area (Å²) >= 11 is 0. The van der Waals surface area contributed by atoms with Crippen LogP contribution in [0.3, 0.4) is 0 Å². The average molecular weight is 366 g/mol. The highest BCUT2D eigenvalue weighted by molar-refractivity contribution is 5.98. The molecule has 0 aliphatic heterocycles. The smallest absolute Gasteiger partial charge is 0.434 e. The first kappa shape index (κ1) is 18.1. The second kappa shape index (κ2) is 6.54. The van der Waals surface area contributed by atoms with E-state index in [4.69, 9.17) is 4.74 Å². The molecule has 0 spiro atoms. The number of pyridine rings is 1. The fourth-order valence-electron chi connectivity index (χ4n) is 2.74. The molecule has 0 aliphatic carbocycles. The molecule has 0 atom stereocenters. The molecule has 3 aromatic rings. The number of carbonyl (C=O) groups excluding carboxylic acids is 1. The lowest BCUT2D eigenvalue weighted by molar-refractivity contribution is -0.141. The second-order valence-corrected chi connectivity index (χ2v) is 5.66. The maximum absolute atomic E-state index is 13.4. The number of aromatic nitrogens is 4. The van der Waals surface area contributed by atoms with Crippen molar-refractivity contribution < 1.29 is 22.7 Å². The van der Waals surface area contributed by atoms with E-state index in [1.54, 1.807) is 0 Å². The Bertz CT molecular complexity index is 995. The molecule has 9 heteroatoms. The van der Waals surface area contributed by atoms with Crippen molar-refractivity contribution in [1.29, 1.82) is 0 Å². The van der Waals surface area contributed by atoms with E-state index in [1.807, 2.05) is 19.9 Å². The van der Waals surface area contributed by atoms with Gasteiger partial charge in [-0.1, -0.05) is 13.8 Å². The monoisotopic (exact) mass is 366 g/mol. The molecule has 3 rings (SSSR count). The van der Waals surface area contributed by atoms with Crippen molar-refractivity contribution in [2.45, 2.75) is 39.8 Å². The van der Waals surface area contributed by atoms with Crippen molar-refractivity contribution in [3.63, 3.8) is 0 Å². The summed E-state index contributed by atoms with van der Waals surface area (Å²) in [5.74, 6) is -1.07. The minimum Gasteiger partial charge on any atom is -0.462 e. The van der Waals surface area contributed by atoms with E-state index in [-0.39, 0.29) is 17.6 Å². The Morgan fingerprint density at radius 1 is 1.15 bits per heavy atom. The summed E-state index contributed by atoms with van der Waals surface area (Å²) in [6, 6.07) is 2.98. The van der Waals surface area contributed by atoms with Crippen molar-refractivity contribution in [3.05, 3.63) is 34.8 Å². The number of esters is 1. The molecule has 0 N–H and O–H groups in total. The number of rotatable bonds is 4. The van der Waals surface area contributed by atoms with Crippen LogP contribution < -0.4 is 0 Å². The number of nitrogens with zero attached hydrogens (tertiary/aromatic N) is 4. The van der Waals surface area contributed by atoms with Gasteiger partial charge in [0.25, 0.3) is 0 Å². The van der Waals surface area contributed by atoms with Crippen LogP contribution in [-0.2, 0) is 23.8 Å². The number of alkyl halides is 3. The van der Waals surface area contributed by atoms with Crippen LogP contribution in [0.2, 0.25) is 0 Å². The summed E-state index contributed by atoms with van der Waals surface area (Å²) in [6.07, 6.45) is -3.52. The van der Waals surface area contributed by atoms with Crippen molar-refractivity contribution in [2.75, 3.05) is 6.61 Å². The molecule has 0 saturated carbocycles. The molecule has 0 unspecified atom stereocenters. The number of halogens is 3. The maximum Gasteiger partial charge on any atom is 0.434 e. The van der Waals surface area contributed by atoms with E-state index in [0.717, 1.165) is 17.5 Å². The zero-order valence-electron chi connectivity index (χ0n) is 14.5. The number of fused-ring (bicyclic) bond motifs is 3. The molecule has 0 aliphatic rings. The molecular weight excluding hydrogens is 349 g/mol. The van der Waals surface area contributed by atoms with Crippen LogP contribution in [-0.4, -0.2) is 32.2 Å². The Labute approximate surface area is 147 Å². The van der Waals surface area contributed by atoms with Crippen LogP contribution in [0.1, 0.15) is 48.2 Å². The lowest BCUT2D eigenvalue weighted by Crippen LogP contribution is -2.17. The van der Waals surface area contributed by atoms with Crippen LogP contribution >= 0.6 is 0 Å². The summed E-state index contributed by atoms with van der Waals surface area (Å²) in [4.78, 5) is 20.1. The first-order valence-electron chi connectivity index (χ1n) is 8.26. The molecule has 3 heterocycles. The molecule has 138 valence electrons. The standard InChI is InChI=1S/C17H17F3N4O2/c1-4-9-7-10(5-2)24-15(21-9)12-8-11(16(25)26-6-3)13(17(18,19)20)22-14(12)23-24/h7-8H,4-6H2,1-3H3. The van der Waals surface area contributed by atoms with Crippen molar-refractivity contribution >= 4 is 22.6 Å². The number of hydrogen-bond acceptors (Lipinski definition) is 5. The predicted molar refractivity (Wildman–Crippen MR) is 88.0 cm³/mol. The maximum atomic E-state index is 13.4. The zero-order chi connectivity index (χ0) is 19.1. The Balaban J connectivity index is 2.38. The summed E-state index contributed by atoms with van der Waals surface area (Å²) in [5, 5.41) is 4.46. The summed E-state index contributed by atoms with van der Waals surface area (Å²) in [7, 11) is 0. The van der Waals surface area contributed by atoms with E-state index in [2.05, 4.69) is 15.1 Å². The van der Waals surface area contributed by atoms with E-state index in [0.29, 0.717) is 18.5 Å². The molecule has 0 radical (unpaired) electrons. The molecule has 0 saturated heterocycles. The minimum absolute atomic E-state index is 0.0405. The van der Waals surface area contributed by atoms with E-state index in [1.165, 1.54) is 11.4 Å². The van der Waals surface area contributed by atoms with Gasteiger partial charge in [0, 0.05) is 11.4 Å². The van der Waals surface area contributed by atoms with E-state index >= 15 is 0 Å². The molecule has 3 aromatic heterocycles. The third-order valence-corrected chi connectivity index (χ3v) is 3.98. The third-order valence-electron chi connectivity index (χ3n) is 3.98. The van der Waals surface area contributed by atoms with Gasteiger partial charge in [-0.25, -0.2) is 19.3 Å². The highest BCUT2D eigenvalue weighted by Crippen LogP contribution is 2.33. The van der Waals surface area contributed by atoms with Crippen LogP contribution in [0.25, 0.3) is 16.7 Å². The second-order valence-electron chi connectivity index (χ2n) is 5.66. The summed E-state index contributed by atoms with van der Waals surface area (Å²) in [6.45, 7) is 5.33.